The molecule has 3 saturated heterocycles. The highest BCUT2D eigenvalue weighted by Crippen LogP contribution is 2.55. The van der Waals surface area contributed by atoms with Gasteiger partial charge in [-0.25, -0.2) is 0 Å². The number of fused-ring (bicyclic) bond motifs is 1. The van der Waals surface area contributed by atoms with Crippen molar-refractivity contribution < 1.29 is 9.53 Å². The van der Waals surface area contributed by atoms with Crippen molar-refractivity contribution in [2.75, 3.05) is 19.6 Å². The van der Waals surface area contributed by atoms with Crippen molar-refractivity contribution >= 4 is 5.91 Å². The van der Waals surface area contributed by atoms with Crippen LogP contribution in [0.15, 0.2) is 0 Å². The highest BCUT2D eigenvalue weighted by molar-refractivity contribution is 5.75. The van der Waals surface area contributed by atoms with E-state index in [0.29, 0.717) is 24.4 Å². The van der Waals surface area contributed by atoms with Crippen LogP contribution in [0.4, 0.5) is 0 Å². The van der Waals surface area contributed by atoms with Crippen LogP contribution in [0.3, 0.4) is 0 Å². The zero-order valence-corrected chi connectivity index (χ0v) is 13.1. The predicted octanol–water partition coefficient (Wildman–Crippen LogP) is 1.93. The third kappa shape index (κ3) is 2.22. The second kappa shape index (κ2) is 5.24. The largest absolute Gasteiger partial charge is 0.370 e. The number of hydrogen-bond donors (Lipinski definition) is 1. The van der Waals surface area contributed by atoms with Gasteiger partial charge in [0, 0.05) is 43.9 Å². The maximum absolute atomic E-state index is 11.6. The van der Waals surface area contributed by atoms with Gasteiger partial charge in [0.25, 0.3) is 0 Å². The van der Waals surface area contributed by atoms with Gasteiger partial charge in [-0.05, 0) is 25.7 Å². The van der Waals surface area contributed by atoms with Gasteiger partial charge in [-0.1, -0.05) is 19.8 Å². The summed E-state index contributed by atoms with van der Waals surface area (Å²) >= 11 is 0. The van der Waals surface area contributed by atoms with Crippen LogP contribution < -0.4 is 5.32 Å². The summed E-state index contributed by atoms with van der Waals surface area (Å²) in [7, 11) is 0. The number of ether oxygens (including phenoxy) is 1. The van der Waals surface area contributed by atoms with Gasteiger partial charge in [0.05, 0.1) is 11.7 Å². The Hall–Kier alpha value is -0.610. The first-order valence-corrected chi connectivity index (χ1v) is 8.90. The number of hydrogen-bond acceptors (Lipinski definition) is 3. The highest BCUT2D eigenvalue weighted by atomic mass is 16.5. The quantitative estimate of drug-likeness (QED) is 0.861. The molecule has 4 rings (SSSR count). The number of nitrogens with zero attached hydrogens (tertiary/aromatic N) is 1. The Balaban J connectivity index is 1.44. The minimum absolute atomic E-state index is 0.134. The zero-order chi connectivity index (χ0) is 14.4. The standard InChI is InChI=1S/C17H28N2O2/c1-2-16(20)18-9-13-14-10-19(12-5-3-4-6-12)11-17(14)8-7-15(13)21-17/h12-15H,2-11H2,1H3,(H,18,20)/t13-,14+,15+,17+/m0/s1. The number of carbonyl (C=O) groups is 1. The lowest BCUT2D eigenvalue weighted by Crippen LogP contribution is -2.41. The maximum atomic E-state index is 11.6. The second-order valence-electron chi connectivity index (χ2n) is 7.56. The number of nitrogens with one attached hydrogen (secondary N) is 1. The third-order valence-corrected chi connectivity index (χ3v) is 6.51. The minimum atomic E-state index is 0.134. The van der Waals surface area contributed by atoms with Gasteiger partial charge in [0.2, 0.25) is 5.91 Å². The van der Waals surface area contributed by atoms with E-state index in [1.54, 1.807) is 0 Å². The molecule has 1 aliphatic carbocycles. The van der Waals surface area contributed by atoms with Gasteiger partial charge in [-0.2, -0.15) is 0 Å². The van der Waals surface area contributed by atoms with Crippen molar-refractivity contribution in [3.8, 4) is 0 Å². The van der Waals surface area contributed by atoms with Gasteiger partial charge in [0.15, 0.2) is 0 Å². The van der Waals surface area contributed by atoms with Crippen molar-refractivity contribution in [2.45, 2.75) is 69.6 Å². The van der Waals surface area contributed by atoms with E-state index in [1.807, 2.05) is 6.92 Å². The Morgan fingerprint density at radius 2 is 2.14 bits per heavy atom. The Morgan fingerprint density at radius 1 is 1.33 bits per heavy atom. The molecular weight excluding hydrogens is 264 g/mol. The van der Waals surface area contributed by atoms with E-state index in [2.05, 4.69) is 10.2 Å². The van der Waals surface area contributed by atoms with Crippen LogP contribution in [0.1, 0.15) is 51.9 Å². The smallest absolute Gasteiger partial charge is 0.219 e. The summed E-state index contributed by atoms with van der Waals surface area (Å²) in [5, 5.41) is 3.12. The van der Waals surface area contributed by atoms with Crippen molar-refractivity contribution in [3.63, 3.8) is 0 Å². The first kappa shape index (κ1) is 14.0. The van der Waals surface area contributed by atoms with Crippen LogP contribution in [0.5, 0.6) is 0 Å². The number of carbonyl (C=O) groups excluding carboxylic acids is 1. The fraction of sp³-hybridized carbons (Fsp3) is 0.941. The SMILES string of the molecule is CCC(=O)NC[C@H]1[C@H]2CN(C3CCCC3)C[C@]23CC[C@H]1O3. The number of rotatable bonds is 4. The molecule has 0 unspecified atom stereocenters. The zero-order valence-electron chi connectivity index (χ0n) is 13.1. The molecule has 4 heteroatoms. The lowest BCUT2D eigenvalue weighted by atomic mass is 9.73. The summed E-state index contributed by atoms with van der Waals surface area (Å²) in [5.41, 5.74) is 0.134. The Morgan fingerprint density at radius 3 is 2.90 bits per heavy atom. The van der Waals surface area contributed by atoms with Crippen molar-refractivity contribution in [2.24, 2.45) is 11.8 Å². The van der Waals surface area contributed by atoms with Crippen LogP contribution in [0, 0.1) is 11.8 Å². The molecule has 1 saturated carbocycles. The van der Waals surface area contributed by atoms with E-state index in [1.165, 1.54) is 45.1 Å². The van der Waals surface area contributed by atoms with E-state index in [0.717, 1.165) is 19.1 Å². The van der Waals surface area contributed by atoms with Crippen LogP contribution in [-0.4, -0.2) is 48.2 Å². The Bertz CT molecular complexity index is 421. The summed E-state index contributed by atoms with van der Waals surface area (Å²) in [5.74, 6) is 1.37. The summed E-state index contributed by atoms with van der Waals surface area (Å²) in [4.78, 5) is 14.3. The molecule has 4 aliphatic rings. The minimum Gasteiger partial charge on any atom is -0.370 e. The molecule has 0 radical (unpaired) electrons. The molecule has 2 bridgehead atoms. The Kier molecular flexibility index (Phi) is 3.49. The normalized spacial score (nSPS) is 42.6. The van der Waals surface area contributed by atoms with Crippen molar-refractivity contribution in [1.82, 2.24) is 10.2 Å². The molecule has 4 atom stereocenters. The molecule has 4 fully saturated rings. The van der Waals surface area contributed by atoms with Crippen LogP contribution >= 0.6 is 0 Å². The van der Waals surface area contributed by atoms with E-state index < -0.39 is 0 Å². The van der Waals surface area contributed by atoms with Gasteiger partial charge in [-0.15, -0.1) is 0 Å². The van der Waals surface area contributed by atoms with Crippen molar-refractivity contribution in [3.05, 3.63) is 0 Å². The summed E-state index contributed by atoms with van der Waals surface area (Å²) in [6, 6.07) is 0.804. The van der Waals surface area contributed by atoms with Gasteiger partial charge >= 0.3 is 0 Å². The average Bonchev–Trinajstić information content (AvgIpc) is 3.22. The summed E-state index contributed by atoms with van der Waals surface area (Å²) in [6.45, 7) is 5.10. The molecule has 4 nitrogen and oxygen atoms in total. The van der Waals surface area contributed by atoms with E-state index in [4.69, 9.17) is 4.74 Å². The first-order valence-electron chi connectivity index (χ1n) is 8.90. The molecule has 1 N–H and O–H groups in total. The molecule has 1 amide bonds. The van der Waals surface area contributed by atoms with Gasteiger partial charge < -0.3 is 10.1 Å². The maximum Gasteiger partial charge on any atom is 0.219 e. The lowest BCUT2D eigenvalue weighted by Gasteiger charge is -2.29. The fourth-order valence-electron chi connectivity index (χ4n) is 5.40. The highest BCUT2D eigenvalue weighted by Gasteiger charge is 2.63. The topological polar surface area (TPSA) is 41.6 Å². The van der Waals surface area contributed by atoms with Gasteiger partial charge in [-0.3, -0.25) is 9.69 Å². The lowest BCUT2D eigenvalue weighted by molar-refractivity contribution is -0.121. The third-order valence-electron chi connectivity index (χ3n) is 6.51. The molecule has 1 spiro atoms. The molecule has 0 aromatic heterocycles. The average molecular weight is 292 g/mol. The molecule has 3 heterocycles. The second-order valence-corrected chi connectivity index (χ2v) is 7.56. The molecule has 21 heavy (non-hydrogen) atoms. The van der Waals surface area contributed by atoms with Crippen LogP contribution in [-0.2, 0) is 9.53 Å². The van der Waals surface area contributed by atoms with E-state index >= 15 is 0 Å². The van der Waals surface area contributed by atoms with Crippen LogP contribution in [0.25, 0.3) is 0 Å². The van der Waals surface area contributed by atoms with Crippen LogP contribution in [0.2, 0.25) is 0 Å². The summed E-state index contributed by atoms with van der Waals surface area (Å²) < 4.78 is 6.46. The number of likely N-dealkylation sites (tertiary alicyclic amines) is 1. The monoisotopic (exact) mass is 292 g/mol. The first-order chi connectivity index (χ1) is 10.2. The van der Waals surface area contributed by atoms with Gasteiger partial charge in [0.1, 0.15) is 0 Å². The Labute approximate surface area is 127 Å². The molecule has 118 valence electrons. The van der Waals surface area contributed by atoms with E-state index in [-0.39, 0.29) is 11.5 Å². The fourth-order valence-corrected chi connectivity index (χ4v) is 5.40. The number of amides is 1. The molecule has 0 aromatic rings. The predicted molar refractivity (Wildman–Crippen MR) is 80.9 cm³/mol. The summed E-state index contributed by atoms with van der Waals surface area (Å²) in [6.07, 6.45) is 8.98. The van der Waals surface area contributed by atoms with E-state index in [9.17, 15) is 4.79 Å². The molecular formula is C17H28N2O2. The molecule has 3 aliphatic heterocycles. The van der Waals surface area contributed by atoms with Crippen molar-refractivity contribution in [1.29, 1.82) is 0 Å². The molecule has 0 aromatic carbocycles.